The van der Waals surface area contributed by atoms with E-state index in [1.54, 1.807) is 43.4 Å². The molecule has 0 spiro atoms. The second kappa shape index (κ2) is 11.1. The number of halogens is 1. The SMILES string of the molecule is COc1ccc(OC)c2sc(N(CCCN(C)C)C(=O)c3cccc(S(C)(=O)=O)c3)nc12.Cl. The van der Waals surface area contributed by atoms with Crippen LogP contribution in [0.4, 0.5) is 5.13 Å². The lowest BCUT2D eigenvalue weighted by atomic mass is 10.2. The van der Waals surface area contributed by atoms with Gasteiger partial charge in [-0.25, -0.2) is 13.4 Å². The Morgan fingerprint density at radius 3 is 2.33 bits per heavy atom. The molecule has 0 N–H and O–H groups in total. The quantitative estimate of drug-likeness (QED) is 0.430. The number of sulfone groups is 1. The molecule has 0 unspecified atom stereocenters. The van der Waals surface area contributed by atoms with Gasteiger partial charge in [0.05, 0.1) is 19.1 Å². The molecule has 0 saturated carbocycles. The van der Waals surface area contributed by atoms with Crippen molar-refractivity contribution in [2.45, 2.75) is 11.3 Å². The minimum Gasteiger partial charge on any atom is -0.495 e. The van der Waals surface area contributed by atoms with Crippen molar-refractivity contribution in [3.63, 3.8) is 0 Å². The number of thiazole rings is 1. The van der Waals surface area contributed by atoms with E-state index in [1.807, 2.05) is 19.0 Å². The third-order valence-corrected chi connectivity index (χ3v) is 7.07. The number of methoxy groups -OCH3 is 2. The molecule has 3 aromatic rings. The van der Waals surface area contributed by atoms with E-state index in [-0.39, 0.29) is 28.8 Å². The number of carbonyl (C=O) groups excluding carboxylic acids is 1. The molecule has 1 amide bonds. The number of fused-ring (bicyclic) bond motifs is 1. The number of aromatic nitrogens is 1. The van der Waals surface area contributed by atoms with Crippen LogP contribution in [0.1, 0.15) is 16.8 Å². The van der Waals surface area contributed by atoms with Crippen molar-refractivity contribution in [2.24, 2.45) is 0 Å². The Morgan fingerprint density at radius 1 is 1.06 bits per heavy atom. The Morgan fingerprint density at radius 2 is 1.73 bits per heavy atom. The Balaban J connectivity index is 0.00000385. The molecule has 1 heterocycles. The minimum atomic E-state index is -3.44. The van der Waals surface area contributed by atoms with Crippen molar-refractivity contribution in [2.75, 3.05) is 52.6 Å². The molecule has 8 nitrogen and oxygen atoms in total. The monoisotopic (exact) mass is 513 g/mol. The summed E-state index contributed by atoms with van der Waals surface area (Å²) in [4.78, 5) is 21.9. The number of hydrogen-bond donors (Lipinski definition) is 0. The lowest BCUT2D eigenvalue weighted by Crippen LogP contribution is -2.33. The molecule has 2 aromatic carbocycles. The lowest BCUT2D eigenvalue weighted by molar-refractivity contribution is 0.0986. The summed E-state index contributed by atoms with van der Waals surface area (Å²) >= 11 is 1.33. The number of anilines is 1. The number of benzene rings is 2. The maximum absolute atomic E-state index is 13.5. The summed E-state index contributed by atoms with van der Waals surface area (Å²) in [5.74, 6) is 0.915. The summed E-state index contributed by atoms with van der Waals surface area (Å²) in [5.41, 5.74) is 0.901. The van der Waals surface area contributed by atoms with Gasteiger partial charge in [0.2, 0.25) is 0 Å². The maximum atomic E-state index is 13.5. The summed E-state index contributed by atoms with van der Waals surface area (Å²) in [6.07, 6.45) is 1.84. The molecule has 0 aliphatic rings. The van der Waals surface area contributed by atoms with Crippen molar-refractivity contribution >= 4 is 54.8 Å². The van der Waals surface area contributed by atoms with Crippen molar-refractivity contribution in [3.05, 3.63) is 42.0 Å². The summed E-state index contributed by atoms with van der Waals surface area (Å²) < 4.78 is 35.7. The van der Waals surface area contributed by atoms with Gasteiger partial charge in [0.25, 0.3) is 5.91 Å². The van der Waals surface area contributed by atoms with E-state index in [2.05, 4.69) is 0 Å². The van der Waals surface area contributed by atoms with Crippen LogP contribution < -0.4 is 14.4 Å². The first-order valence-corrected chi connectivity index (χ1v) is 12.6. The van der Waals surface area contributed by atoms with Gasteiger partial charge in [-0.1, -0.05) is 17.4 Å². The first-order valence-electron chi connectivity index (χ1n) is 9.94. The van der Waals surface area contributed by atoms with Crippen molar-refractivity contribution in [1.82, 2.24) is 9.88 Å². The topological polar surface area (TPSA) is 89.0 Å². The lowest BCUT2D eigenvalue weighted by Gasteiger charge is -2.21. The van der Waals surface area contributed by atoms with Crippen molar-refractivity contribution < 1.29 is 22.7 Å². The highest BCUT2D eigenvalue weighted by Crippen LogP contribution is 2.40. The van der Waals surface area contributed by atoms with Gasteiger partial charge >= 0.3 is 0 Å². The van der Waals surface area contributed by atoms with Crippen LogP contribution in [0.15, 0.2) is 41.3 Å². The normalized spacial score (nSPS) is 11.3. The first-order chi connectivity index (χ1) is 15.2. The molecule has 0 atom stereocenters. The number of rotatable bonds is 9. The van der Waals surface area contributed by atoms with E-state index in [4.69, 9.17) is 14.5 Å². The highest BCUT2D eigenvalue weighted by molar-refractivity contribution is 7.90. The molecule has 0 aliphatic carbocycles. The fourth-order valence-electron chi connectivity index (χ4n) is 3.23. The van der Waals surface area contributed by atoms with Crippen LogP contribution in [0.25, 0.3) is 10.2 Å². The fraction of sp³-hybridized carbons (Fsp3) is 0.364. The van der Waals surface area contributed by atoms with Gasteiger partial charge < -0.3 is 14.4 Å². The third kappa shape index (κ3) is 6.14. The Labute approximate surface area is 204 Å². The number of amides is 1. The van der Waals surface area contributed by atoms with Crippen LogP contribution in [0, 0.1) is 0 Å². The van der Waals surface area contributed by atoms with Crippen LogP contribution in [-0.2, 0) is 9.84 Å². The van der Waals surface area contributed by atoms with Crippen molar-refractivity contribution in [1.29, 1.82) is 0 Å². The maximum Gasteiger partial charge on any atom is 0.260 e. The average Bonchev–Trinajstić information content (AvgIpc) is 3.20. The Hall–Kier alpha value is -2.40. The minimum absolute atomic E-state index is 0. The summed E-state index contributed by atoms with van der Waals surface area (Å²) in [5, 5.41) is 0.497. The zero-order valence-corrected chi connectivity index (χ0v) is 21.6. The molecule has 0 bridgehead atoms. The summed E-state index contributed by atoms with van der Waals surface area (Å²) in [6, 6.07) is 9.66. The second-order valence-corrected chi connectivity index (χ2v) is 10.6. The van der Waals surface area contributed by atoms with E-state index in [9.17, 15) is 13.2 Å². The molecular formula is C22H28ClN3O5S2. The first kappa shape index (κ1) is 26.8. The predicted molar refractivity (Wildman–Crippen MR) is 134 cm³/mol. The molecule has 0 radical (unpaired) electrons. The number of ether oxygens (including phenoxy) is 2. The summed E-state index contributed by atoms with van der Waals surface area (Å²) in [7, 11) is 3.64. The third-order valence-electron chi connectivity index (χ3n) is 4.87. The Bertz CT molecular complexity index is 1190. The van der Waals surface area contributed by atoms with E-state index in [0.717, 1.165) is 17.5 Å². The average molecular weight is 514 g/mol. The van der Waals surface area contributed by atoms with Crippen LogP contribution >= 0.6 is 23.7 Å². The molecular weight excluding hydrogens is 486 g/mol. The van der Waals surface area contributed by atoms with Gasteiger partial charge in [-0.3, -0.25) is 9.69 Å². The van der Waals surface area contributed by atoms with Crippen LogP contribution in [-0.4, -0.2) is 71.9 Å². The van der Waals surface area contributed by atoms with E-state index in [1.165, 1.54) is 23.5 Å². The van der Waals surface area contributed by atoms with Gasteiger partial charge in [0.15, 0.2) is 15.0 Å². The van der Waals surface area contributed by atoms with E-state index in [0.29, 0.717) is 35.1 Å². The van der Waals surface area contributed by atoms with Crippen LogP contribution in [0.3, 0.4) is 0 Å². The molecule has 180 valence electrons. The molecule has 11 heteroatoms. The number of nitrogens with zero attached hydrogens (tertiary/aromatic N) is 3. The highest BCUT2D eigenvalue weighted by atomic mass is 35.5. The van der Waals surface area contributed by atoms with Crippen LogP contribution in [0.2, 0.25) is 0 Å². The van der Waals surface area contributed by atoms with Gasteiger partial charge in [0, 0.05) is 18.4 Å². The molecule has 0 fully saturated rings. The Kier molecular flexibility index (Phi) is 9.07. The standard InChI is InChI=1S/C22H27N3O5S2.ClH/c1-24(2)12-7-13-25(21(26)15-8-6-9-16(14-15)32(5,27)28)22-23-19-17(29-3)10-11-18(30-4)20(19)31-22;/h6,8-11,14H,7,12-13H2,1-5H3;1H. The van der Waals surface area contributed by atoms with E-state index >= 15 is 0 Å². The van der Waals surface area contributed by atoms with Crippen LogP contribution in [0.5, 0.6) is 11.5 Å². The molecule has 3 rings (SSSR count). The highest BCUT2D eigenvalue weighted by Gasteiger charge is 2.24. The summed E-state index contributed by atoms with van der Waals surface area (Å²) in [6.45, 7) is 1.20. The number of hydrogen-bond acceptors (Lipinski definition) is 8. The largest absolute Gasteiger partial charge is 0.495 e. The zero-order chi connectivity index (χ0) is 23.5. The van der Waals surface area contributed by atoms with Gasteiger partial charge in [-0.05, 0) is 57.4 Å². The zero-order valence-electron chi connectivity index (χ0n) is 19.2. The van der Waals surface area contributed by atoms with Crippen molar-refractivity contribution in [3.8, 4) is 11.5 Å². The number of carbonyl (C=O) groups is 1. The molecule has 0 aliphatic heterocycles. The van der Waals surface area contributed by atoms with Gasteiger partial charge in [-0.2, -0.15) is 0 Å². The smallest absolute Gasteiger partial charge is 0.260 e. The fourth-order valence-corrected chi connectivity index (χ4v) is 5.00. The van der Waals surface area contributed by atoms with Gasteiger partial charge in [0.1, 0.15) is 21.7 Å². The van der Waals surface area contributed by atoms with E-state index < -0.39 is 9.84 Å². The van der Waals surface area contributed by atoms with Gasteiger partial charge in [-0.15, -0.1) is 12.4 Å². The predicted octanol–water partition coefficient (Wildman–Crippen LogP) is 3.74. The molecule has 0 saturated heterocycles. The molecule has 1 aromatic heterocycles. The second-order valence-electron chi connectivity index (χ2n) is 7.56. The molecule has 33 heavy (non-hydrogen) atoms.